The van der Waals surface area contributed by atoms with Crippen LogP contribution in [0.2, 0.25) is 0 Å². The number of amides is 1. The van der Waals surface area contributed by atoms with Crippen LogP contribution < -0.4 is 5.32 Å². The molecule has 112 valence electrons. The first kappa shape index (κ1) is 13.9. The normalized spacial score (nSPS) is 42.9. The van der Waals surface area contributed by atoms with Gasteiger partial charge in [0, 0.05) is 12.5 Å². The van der Waals surface area contributed by atoms with Crippen LogP contribution in [0.1, 0.15) is 58.3 Å². The highest BCUT2D eigenvalue weighted by molar-refractivity contribution is 5.80. The van der Waals surface area contributed by atoms with Crippen molar-refractivity contribution < 1.29 is 14.7 Å². The third-order valence-corrected chi connectivity index (χ3v) is 6.11. The van der Waals surface area contributed by atoms with Crippen LogP contribution in [0, 0.1) is 23.2 Å². The Bertz CT molecular complexity index is 422. The maximum atomic E-state index is 12.2. The Morgan fingerprint density at radius 1 is 1.25 bits per heavy atom. The Hall–Kier alpha value is -1.06. The molecule has 3 aliphatic rings. The summed E-state index contributed by atoms with van der Waals surface area (Å²) in [6.07, 6.45) is 8.12. The lowest BCUT2D eigenvalue weighted by Gasteiger charge is -2.29. The zero-order chi connectivity index (χ0) is 14.3. The Morgan fingerprint density at radius 3 is 2.65 bits per heavy atom. The number of aliphatic carboxylic acids is 1. The largest absolute Gasteiger partial charge is 0.481 e. The van der Waals surface area contributed by atoms with Crippen molar-refractivity contribution in [2.24, 2.45) is 23.2 Å². The number of nitrogens with one attached hydrogen (secondary N) is 1. The molecule has 0 radical (unpaired) electrons. The molecule has 0 aliphatic heterocycles. The van der Waals surface area contributed by atoms with E-state index in [0.29, 0.717) is 18.8 Å². The predicted octanol–water partition coefficient (Wildman–Crippen LogP) is 2.57. The Labute approximate surface area is 120 Å². The molecule has 0 aromatic carbocycles. The second kappa shape index (κ2) is 5.05. The van der Waals surface area contributed by atoms with Gasteiger partial charge in [0.25, 0.3) is 0 Å². The van der Waals surface area contributed by atoms with Crippen LogP contribution in [0.25, 0.3) is 0 Å². The quantitative estimate of drug-likeness (QED) is 0.831. The van der Waals surface area contributed by atoms with Gasteiger partial charge < -0.3 is 10.4 Å². The molecule has 3 aliphatic carbocycles. The van der Waals surface area contributed by atoms with Crippen molar-refractivity contribution >= 4 is 11.9 Å². The molecular weight excluding hydrogens is 254 g/mol. The molecule has 0 aromatic rings. The molecule has 2 bridgehead atoms. The maximum absolute atomic E-state index is 12.2. The average molecular weight is 279 g/mol. The summed E-state index contributed by atoms with van der Waals surface area (Å²) in [5, 5.41) is 12.4. The molecule has 0 saturated heterocycles. The number of carbonyl (C=O) groups excluding carboxylic acids is 1. The molecular formula is C16H25NO3. The van der Waals surface area contributed by atoms with Crippen LogP contribution in [0.4, 0.5) is 0 Å². The van der Waals surface area contributed by atoms with Gasteiger partial charge in [-0.1, -0.05) is 12.8 Å². The summed E-state index contributed by atoms with van der Waals surface area (Å²) in [5.74, 6) is 1.45. The molecule has 0 aromatic heterocycles. The number of carboxylic acid groups (broad SMARTS) is 1. The fraction of sp³-hybridized carbons (Fsp3) is 0.875. The molecule has 3 fully saturated rings. The van der Waals surface area contributed by atoms with E-state index in [4.69, 9.17) is 0 Å². The predicted molar refractivity (Wildman–Crippen MR) is 75.1 cm³/mol. The van der Waals surface area contributed by atoms with Gasteiger partial charge in [-0.25, -0.2) is 0 Å². The molecule has 0 heterocycles. The fourth-order valence-electron chi connectivity index (χ4n) is 4.77. The standard InChI is InChI=1S/C16H25NO3/c1-16(15(19)20)6-2-3-13(16)17-14(18)9-12-8-10-4-5-11(12)7-10/h10-13H,2-9H2,1H3,(H,17,18)(H,19,20). The maximum Gasteiger partial charge on any atom is 0.311 e. The number of rotatable bonds is 4. The summed E-state index contributed by atoms with van der Waals surface area (Å²) < 4.78 is 0. The monoisotopic (exact) mass is 279 g/mol. The van der Waals surface area contributed by atoms with Gasteiger partial charge in [0.1, 0.15) is 0 Å². The van der Waals surface area contributed by atoms with Gasteiger partial charge in [-0.05, 0) is 56.8 Å². The molecule has 3 rings (SSSR count). The minimum atomic E-state index is -0.778. The number of fused-ring (bicyclic) bond motifs is 2. The van der Waals surface area contributed by atoms with Crippen molar-refractivity contribution in [3.8, 4) is 0 Å². The Morgan fingerprint density at radius 2 is 2.05 bits per heavy atom. The van der Waals surface area contributed by atoms with Crippen LogP contribution >= 0.6 is 0 Å². The number of carboxylic acids is 1. The van der Waals surface area contributed by atoms with E-state index in [0.717, 1.165) is 24.7 Å². The van der Waals surface area contributed by atoms with E-state index in [9.17, 15) is 14.7 Å². The van der Waals surface area contributed by atoms with Crippen LogP contribution in [-0.4, -0.2) is 23.0 Å². The second-order valence-corrected chi connectivity index (χ2v) is 7.37. The first-order valence-corrected chi connectivity index (χ1v) is 8.02. The van der Waals surface area contributed by atoms with E-state index in [1.54, 1.807) is 6.92 Å². The molecule has 20 heavy (non-hydrogen) atoms. The van der Waals surface area contributed by atoms with Crippen LogP contribution in [0.15, 0.2) is 0 Å². The third-order valence-electron chi connectivity index (χ3n) is 6.11. The smallest absolute Gasteiger partial charge is 0.311 e. The van der Waals surface area contributed by atoms with Crippen molar-refractivity contribution in [1.82, 2.24) is 5.32 Å². The Kier molecular flexibility index (Phi) is 3.51. The second-order valence-electron chi connectivity index (χ2n) is 7.37. The molecule has 0 spiro atoms. The average Bonchev–Trinajstić information content (AvgIpc) is 3.06. The summed E-state index contributed by atoms with van der Waals surface area (Å²) >= 11 is 0. The topological polar surface area (TPSA) is 66.4 Å². The van der Waals surface area contributed by atoms with Crippen molar-refractivity contribution in [3.05, 3.63) is 0 Å². The summed E-state index contributed by atoms with van der Waals surface area (Å²) in [6.45, 7) is 1.77. The van der Waals surface area contributed by atoms with E-state index in [1.165, 1.54) is 25.7 Å². The SMILES string of the molecule is CC1(C(=O)O)CCCC1NC(=O)CC1CC2CCC1C2. The van der Waals surface area contributed by atoms with Crippen LogP contribution in [0.3, 0.4) is 0 Å². The molecule has 5 unspecified atom stereocenters. The van der Waals surface area contributed by atoms with Crippen molar-refractivity contribution in [2.45, 2.75) is 64.3 Å². The zero-order valence-electron chi connectivity index (χ0n) is 12.2. The van der Waals surface area contributed by atoms with Crippen LogP contribution in [0.5, 0.6) is 0 Å². The first-order chi connectivity index (χ1) is 9.49. The zero-order valence-corrected chi connectivity index (χ0v) is 12.2. The summed E-state index contributed by atoms with van der Waals surface area (Å²) in [7, 11) is 0. The summed E-state index contributed by atoms with van der Waals surface area (Å²) in [5.41, 5.74) is -0.773. The van der Waals surface area contributed by atoms with Gasteiger partial charge in [0.15, 0.2) is 0 Å². The lowest BCUT2D eigenvalue weighted by atomic mass is 9.83. The van der Waals surface area contributed by atoms with Crippen molar-refractivity contribution in [3.63, 3.8) is 0 Å². The van der Waals surface area contributed by atoms with Crippen molar-refractivity contribution in [1.29, 1.82) is 0 Å². The van der Waals surface area contributed by atoms with E-state index in [-0.39, 0.29) is 11.9 Å². The Balaban J connectivity index is 1.55. The van der Waals surface area contributed by atoms with Crippen molar-refractivity contribution in [2.75, 3.05) is 0 Å². The number of carbonyl (C=O) groups is 2. The van der Waals surface area contributed by atoms with E-state index >= 15 is 0 Å². The van der Waals surface area contributed by atoms with Gasteiger partial charge in [0.05, 0.1) is 5.41 Å². The molecule has 4 nitrogen and oxygen atoms in total. The third kappa shape index (κ3) is 2.33. The number of hydrogen-bond acceptors (Lipinski definition) is 2. The highest BCUT2D eigenvalue weighted by Crippen LogP contribution is 2.49. The highest BCUT2D eigenvalue weighted by Gasteiger charge is 2.46. The van der Waals surface area contributed by atoms with Gasteiger partial charge in [-0.2, -0.15) is 0 Å². The molecule has 1 amide bonds. The molecule has 2 N–H and O–H groups in total. The van der Waals surface area contributed by atoms with Gasteiger partial charge >= 0.3 is 5.97 Å². The van der Waals surface area contributed by atoms with E-state index in [2.05, 4.69) is 5.32 Å². The summed E-state index contributed by atoms with van der Waals surface area (Å²) in [4.78, 5) is 23.7. The minimum Gasteiger partial charge on any atom is -0.481 e. The fourth-order valence-corrected chi connectivity index (χ4v) is 4.77. The summed E-state index contributed by atoms with van der Waals surface area (Å²) in [6, 6.07) is -0.189. The lowest BCUT2D eigenvalue weighted by molar-refractivity contribution is -0.149. The number of hydrogen-bond donors (Lipinski definition) is 2. The van der Waals surface area contributed by atoms with Gasteiger partial charge in [0.2, 0.25) is 5.91 Å². The highest BCUT2D eigenvalue weighted by atomic mass is 16.4. The van der Waals surface area contributed by atoms with E-state index < -0.39 is 11.4 Å². The van der Waals surface area contributed by atoms with Gasteiger partial charge in [-0.3, -0.25) is 9.59 Å². The molecule has 5 atom stereocenters. The van der Waals surface area contributed by atoms with E-state index in [1.807, 2.05) is 0 Å². The van der Waals surface area contributed by atoms with Crippen LogP contribution in [-0.2, 0) is 9.59 Å². The first-order valence-electron chi connectivity index (χ1n) is 8.02. The molecule has 4 heteroatoms. The lowest BCUT2D eigenvalue weighted by Crippen LogP contribution is -2.47. The molecule has 3 saturated carbocycles. The minimum absolute atomic E-state index is 0.0712. The van der Waals surface area contributed by atoms with Gasteiger partial charge in [-0.15, -0.1) is 0 Å².